The number of hydrogen-bond acceptors (Lipinski definition) is 6. The van der Waals surface area contributed by atoms with Crippen LogP contribution in [0.25, 0.3) is 0 Å². The lowest BCUT2D eigenvalue weighted by molar-refractivity contribution is -0.127. The molecule has 8 heteroatoms. The van der Waals surface area contributed by atoms with Crippen LogP contribution in [0.2, 0.25) is 0 Å². The van der Waals surface area contributed by atoms with E-state index in [1.807, 2.05) is 18.2 Å². The van der Waals surface area contributed by atoms with Crippen molar-refractivity contribution in [2.75, 3.05) is 26.6 Å². The molecule has 0 bridgehead atoms. The highest BCUT2D eigenvalue weighted by Crippen LogP contribution is 2.33. The van der Waals surface area contributed by atoms with Crippen LogP contribution in [-0.2, 0) is 9.59 Å². The van der Waals surface area contributed by atoms with Crippen LogP contribution in [0.1, 0.15) is 6.42 Å². The number of amidine groups is 1. The molecule has 0 radical (unpaired) electrons. The minimum Gasteiger partial charge on any atom is -0.497 e. The summed E-state index contributed by atoms with van der Waals surface area (Å²) in [6, 6.07) is 14.3. The number of ether oxygens (including phenoxy) is 2. The second kappa shape index (κ2) is 8.79. The summed E-state index contributed by atoms with van der Waals surface area (Å²) < 4.78 is 10.4. The van der Waals surface area contributed by atoms with Gasteiger partial charge in [0.25, 0.3) is 0 Å². The molecule has 7 nitrogen and oxygen atoms in total. The van der Waals surface area contributed by atoms with Gasteiger partial charge in [-0.15, -0.1) is 0 Å². The lowest BCUT2D eigenvalue weighted by Crippen LogP contribution is -2.30. The van der Waals surface area contributed by atoms with E-state index in [2.05, 4.69) is 10.3 Å². The minimum absolute atomic E-state index is 0.0603. The fraction of sp³-hybridized carbons (Fsp3) is 0.250. The number of carbonyl (C=O) groups is 2. The Balaban J connectivity index is 1.67. The van der Waals surface area contributed by atoms with Crippen LogP contribution in [0.5, 0.6) is 11.5 Å². The van der Waals surface area contributed by atoms with Crippen molar-refractivity contribution in [2.24, 2.45) is 4.99 Å². The van der Waals surface area contributed by atoms with Crippen molar-refractivity contribution in [1.82, 2.24) is 4.90 Å². The van der Waals surface area contributed by atoms with Crippen molar-refractivity contribution >= 4 is 40.1 Å². The van der Waals surface area contributed by atoms with Gasteiger partial charge in [0.05, 0.1) is 14.2 Å². The molecule has 1 fully saturated rings. The van der Waals surface area contributed by atoms with Crippen molar-refractivity contribution in [3.63, 3.8) is 0 Å². The average Bonchev–Trinajstić information content (AvgIpc) is 2.96. The number of hydrogen-bond donors (Lipinski definition) is 1. The average molecular weight is 399 g/mol. The summed E-state index contributed by atoms with van der Waals surface area (Å²) in [7, 11) is 4.81. The molecule has 1 saturated heterocycles. The Labute approximate surface area is 167 Å². The molecule has 0 spiro atoms. The summed E-state index contributed by atoms with van der Waals surface area (Å²) >= 11 is 1.28. The van der Waals surface area contributed by atoms with Crippen LogP contribution in [-0.4, -0.2) is 48.4 Å². The maximum absolute atomic E-state index is 12.5. The standard InChI is InChI=1S/C20H21N3O4S/c1-23-19(25)17(12-18(24)21-13-8-10-14(26-2)11-9-13)28-20(23)22-15-6-4-5-7-16(15)27-3/h4-11,17H,12H2,1-3H3,(H,21,24)/t17-/m1/s1. The third kappa shape index (κ3) is 4.45. The zero-order valence-corrected chi connectivity index (χ0v) is 16.7. The van der Waals surface area contributed by atoms with E-state index in [9.17, 15) is 9.59 Å². The Morgan fingerprint density at radius 3 is 2.54 bits per heavy atom. The first kappa shape index (κ1) is 19.8. The van der Waals surface area contributed by atoms with Crippen LogP contribution < -0.4 is 14.8 Å². The van der Waals surface area contributed by atoms with E-state index in [0.717, 1.165) is 0 Å². The molecular weight excluding hydrogens is 378 g/mol. The normalized spacial score (nSPS) is 17.7. The fourth-order valence-electron chi connectivity index (χ4n) is 2.68. The van der Waals surface area contributed by atoms with E-state index in [-0.39, 0.29) is 18.2 Å². The molecule has 0 saturated carbocycles. The van der Waals surface area contributed by atoms with Crippen LogP contribution in [0.3, 0.4) is 0 Å². The molecule has 2 aromatic carbocycles. The molecule has 0 unspecified atom stereocenters. The number of benzene rings is 2. The van der Waals surface area contributed by atoms with Gasteiger partial charge in [0, 0.05) is 19.2 Å². The van der Waals surface area contributed by atoms with Gasteiger partial charge in [0.2, 0.25) is 11.8 Å². The number of methoxy groups -OCH3 is 2. The number of anilines is 1. The zero-order valence-electron chi connectivity index (χ0n) is 15.8. The summed E-state index contributed by atoms with van der Waals surface area (Å²) in [5.41, 5.74) is 1.29. The van der Waals surface area contributed by atoms with Crippen molar-refractivity contribution in [3.05, 3.63) is 48.5 Å². The monoisotopic (exact) mass is 399 g/mol. The number of nitrogens with one attached hydrogen (secondary N) is 1. The molecule has 1 aliphatic heterocycles. The summed E-state index contributed by atoms with van der Waals surface area (Å²) in [5.74, 6) is 0.946. The predicted octanol–water partition coefficient (Wildman–Crippen LogP) is 3.29. The molecule has 28 heavy (non-hydrogen) atoms. The number of para-hydroxylation sites is 2. The van der Waals surface area contributed by atoms with Crippen LogP contribution in [0, 0.1) is 0 Å². The van der Waals surface area contributed by atoms with Crippen LogP contribution in [0.15, 0.2) is 53.5 Å². The predicted molar refractivity (Wildman–Crippen MR) is 110 cm³/mol. The molecule has 1 atom stereocenters. The van der Waals surface area contributed by atoms with Gasteiger partial charge in [0.1, 0.15) is 22.4 Å². The van der Waals surface area contributed by atoms with Crippen LogP contribution >= 0.6 is 11.8 Å². The molecule has 1 heterocycles. The van der Waals surface area contributed by atoms with Crippen molar-refractivity contribution in [1.29, 1.82) is 0 Å². The SMILES string of the molecule is COc1ccc(NC(=O)C[C@H]2SC(=Nc3ccccc3OC)N(C)C2=O)cc1. The largest absolute Gasteiger partial charge is 0.497 e. The van der Waals surface area contributed by atoms with E-state index in [1.54, 1.807) is 51.6 Å². The van der Waals surface area contributed by atoms with E-state index in [4.69, 9.17) is 9.47 Å². The number of aliphatic imine (C=N–C) groups is 1. The van der Waals surface area contributed by atoms with Gasteiger partial charge >= 0.3 is 0 Å². The van der Waals surface area contributed by atoms with E-state index < -0.39 is 5.25 Å². The molecule has 0 aliphatic carbocycles. The maximum Gasteiger partial charge on any atom is 0.242 e. The molecule has 3 rings (SSSR count). The molecule has 1 N–H and O–H groups in total. The molecular formula is C20H21N3O4S. The topological polar surface area (TPSA) is 80.2 Å². The first-order valence-electron chi connectivity index (χ1n) is 8.61. The van der Waals surface area contributed by atoms with E-state index in [1.165, 1.54) is 16.7 Å². The van der Waals surface area contributed by atoms with Gasteiger partial charge in [0.15, 0.2) is 5.17 Å². The summed E-state index contributed by atoms with van der Waals surface area (Å²) in [6.07, 6.45) is 0.0603. The Morgan fingerprint density at radius 2 is 1.86 bits per heavy atom. The number of nitrogens with zero attached hydrogens (tertiary/aromatic N) is 2. The first-order chi connectivity index (χ1) is 13.5. The highest BCUT2D eigenvalue weighted by atomic mass is 32.2. The molecule has 146 valence electrons. The van der Waals surface area contributed by atoms with Crippen molar-refractivity contribution in [2.45, 2.75) is 11.7 Å². The van der Waals surface area contributed by atoms with Gasteiger partial charge in [-0.1, -0.05) is 23.9 Å². The lowest BCUT2D eigenvalue weighted by Gasteiger charge is -2.10. The highest BCUT2D eigenvalue weighted by Gasteiger charge is 2.37. The second-order valence-corrected chi connectivity index (χ2v) is 7.22. The summed E-state index contributed by atoms with van der Waals surface area (Å²) in [4.78, 5) is 30.9. The number of thioether (sulfide) groups is 1. The number of rotatable bonds is 6. The lowest BCUT2D eigenvalue weighted by atomic mass is 10.2. The van der Waals surface area contributed by atoms with Gasteiger partial charge in [-0.3, -0.25) is 14.5 Å². The Hall–Kier alpha value is -3.00. The quantitative estimate of drug-likeness (QED) is 0.806. The van der Waals surface area contributed by atoms with Crippen molar-refractivity contribution < 1.29 is 19.1 Å². The zero-order chi connectivity index (χ0) is 20.1. The van der Waals surface area contributed by atoms with Crippen LogP contribution in [0.4, 0.5) is 11.4 Å². The minimum atomic E-state index is -0.517. The maximum atomic E-state index is 12.5. The smallest absolute Gasteiger partial charge is 0.242 e. The molecule has 2 amide bonds. The summed E-state index contributed by atoms with van der Waals surface area (Å²) in [5, 5.41) is 2.82. The molecule has 0 aromatic heterocycles. The third-order valence-electron chi connectivity index (χ3n) is 4.19. The third-order valence-corrected chi connectivity index (χ3v) is 5.42. The molecule has 1 aliphatic rings. The Bertz CT molecular complexity index is 899. The number of carbonyl (C=O) groups excluding carboxylic acids is 2. The second-order valence-electron chi connectivity index (χ2n) is 6.05. The van der Waals surface area contributed by atoms with E-state index in [0.29, 0.717) is 28.0 Å². The summed E-state index contributed by atoms with van der Waals surface area (Å²) in [6.45, 7) is 0. The fourth-order valence-corrected chi connectivity index (χ4v) is 3.82. The van der Waals surface area contributed by atoms with E-state index >= 15 is 0 Å². The highest BCUT2D eigenvalue weighted by molar-refractivity contribution is 8.15. The first-order valence-corrected chi connectivity index (χ1v) is 9.49. The van der Waals surface area contributed by atoms with Gasteiger partial charge < -0.3 is 14.8 Å². The number of amides is 2. The molecule has 2 aromatic rings. The Kier molecular flexibility index (Phi) is 6.20. The van der Waals surface area contributed by atoms with Gasteiger partial charge in [-0.2, -0.15) is 0 Å². The van der Waals surface area contributed by atoms with Gasteiger partial charge in [-0.05, 0) is 36.4 Å². The Morgan fingerprint density at radius 1 is 1.14 bits per heavy atom. The van der Waals surface area contributed by atoms with Crippen molar-refractivity contribution in [3.8, 4) is 11.5 Å². The van der Waals surface area contributed by atoms with Gasteiger partial charge in [-0.25, -0.2) is 4.99 Å².